The first-order valence-corrected chi connectivity index (χ1v) is 7.19. The van der Waals surface area contributed by atoms with Gasteiger partial charge in [0.25, 0.3) is 0 Å². The van der Waals surface area contributed by atoms with Crippen molar-refractivity contribution in [2.45, 2.75) is 31.2 Å². The molecule has 0 aliphatic carbocycles. The van der Waals surface area contributed by atoms with E-state index in [-0.39, 0.29) is 5.82 Å². The fourth-order valence-electron chi connectivity index (χ4n) is 2.96. The number of hydrogen-bond acceptors (Lipinski definition) is 3. The number of para-hydroxylation sites is 1. The molecule has 0 saturated heterocycles. The number of benzene rings is 1. The fourth-order valence-corrected chi connectivity index (χ4v) is 2.96. The maximum absolute atomic E-state index is 13.0. The Morgan fingerprint density at radius 2 is 2.14 bits per heavy atom. The highest BCUT2D eigenvalue weighted by Gasteiger charge is 2.31. The molecule has 2 N–H and O–H groups in total. The minimum Gasteiger partial charge on any atom is -0.493 e. The molecule has 1 aliphatic heterocycles. The number of nitrogens with zero attached hydrogens (tertiary/aromatic N) is 1. The van der Waals surface area contributed by atoms with Gasteiger partial charge in [-0.05, 0) is 49.4 Å². The highest BCUT2D eigenvalue weighted by Crippen LogP contribution is 2.39. The number of pyridine rings is 1. The lowest BCUT2D eigenvalue weighted by molar-refractivity contribution is 0.246. The molecule has 1 aromatic heterocycles. The number of nitrogens with two attached hydrogens (primary N) is 1. The van der Waals surface area contributed by atoms with Crippen LogP contribution in [0.2, 0.25) is 0 Å². The summed E-state index contributed by atoms with van der Waals surface area (Å²) in [6.07, 6.45) is 2.91. The third-order valence-corrected chi connectivity index (χ3v) is 4.07. The molecule has 1 aliphatic rings. The molecule has 0 fully saturated rings. The van der Waals surface area contributed by atoms with Gasteiger partial charge in [0.15, 0.2) is 0 Å². The monoisotopic (exact) mass is 286 g/mol. The van der Waals surface area contributed by atoms with Crippen LogP contribution in [0.3, 0.4) is 0 Å². The average Bonchev–Trinajstić information content (AvgIpc) is 2.48. The zero-order valence-electron chi connectivity index (χ0n) is 12.1. The van der Waals surface area contributed by atoms with Gasteiger partial charge in [-0.1, -0.05) is 18.2 Å². The quantitative estimate of drug-likeness (QED) is 0.941. The van der Waals surface area contributed by atoms with Crippen molar-refractivity contribution in [1.82, 2.24) is 4.98 Å². The van der Waals surface area contributed by atoms with Crippen molar-refractivity contribution >= 4 is 0 Å². The summed E-state index contributed by atoms with van der Waals surface area (Å²) in [6, 6.07) is 11.2. The topological polar surface area (TPSA) is 48.1 Å². The summed E-state index contributed by atoms with van der Waals surface area (Å²) in [5.41, 5.74) is 7.77. The standard InChI is InChI=1S/C17H19FN2O/c1-17(19,16-7-6-13(18)11-20-16)10-12-8-9-21-15-5-3-2-4-14(12)15/h2-7,11-12H,8-10,19H2,1H3. The number of ether oxygens (including phenoxy) is 1. The summed E-state index contributed by atoms with van der Waals surface area (Å²) >= 11 is 0. The van der Waals surface area contributed by atoms with Gasteiger partial charge in [-0.15, -0.1) is 0 Å². The third kappa shape index (κ3) is 2.90. The Labute approximate surface area is 124 Å². The summed E-state index contributed by atoms with van der Waals surface area (Å²) in [7, 11) is 0. The van der Waals surface area contributed by atoms with Crippen molar-refractivity contribution in [3.8, 4) is 5.75 Å². The fraction of sp³-hybridized carbons (Fsp3) is 0.353. The van der Waals surface area contributed by atoms with Gasteiger partial charge in [0.05, 0.1) is 24.0 Å². The van der Waals surface area contributed by atoms with Crippen LogP contribution in [0, 0.1) is 5.82 Å². The van der Waals surface area contributed by atoms with E-state index in [0.29, 0.717) is 18.2 Å². The van der Waals surface area contributed by atoms with Crippen LogP contribution in [0.25, 0.3) is 0 Å². The van der Waals surface area contributed by atoms with Crippen LogP contribution in [0.5, 0.6) is 5.75 Å². The molecule has 21 heavy (non-hydrogen) atoms. The van der Waals surface area contributed by atoms with E-state index in [4.69, 9.17) is 10.5 Å². The molecule has 0 bridgehead atoms. The lowest BCUT2D eigenvalue weighted by Crippen LogP contribution is -2.36. The Balaban J connectivity index is 1.84. The van der Waals surface area contributed by atoms with Crippen LogP contribution in [-0.2, 0) is 5.54 Å². The van der Waals surface area contributed by atoms with Crippen LogP contribution < -0.4 is 10.5 Å². The highest BCUT2D eigenvalue weighted by atomic mass is 19.1. The maximum atomic E-state index is 13.0. The molecule has 4 heteroatoms. The summed E-state index contributed by atoms with van der Waals surface area (Å²) < 4.78 is 18.7. The highest BCUT2D eigenvalue weighted by molar-refractivity contribution is 5.38. The van der Waals surface area contributed by atoms with Crippen molar-refractivity contribution in [1.29, 1.82) is 0 Å². The average molecular weight is 286 g/mol. The van der Waals surface area contributed by atoms with Gasteiger partial charge < -0.3 is 10.5 Å². The molecule has 0 saturated carbocycles. The molecule has 2 heterocycles. The molecular weight excluding hydrogens is 267 g/mol. The Bertz CT molecular complexity index is 625. The van der Waals surface area contributed by atoms with E-state index in [1.807, 2.05) is 25.1 Å². The van der Waals surface area contributed by atoms with Crippen LogP contribution in [0.1, 0.15) is 36.9 Å². The van der Waals surface area contributed by atoms with E-state index >= 15 is 0 Å². The van der Waals surface area contributed by atoms with E-state index in [1.54, 1.807) is 6.07 Å². The van der Waals surface area contributed by atoms with Gasteiger partial charge in [0, 0.05) is 0 Å². The number of fused-ring (bicyclic) bond motifs is 1. The van der Waals surface area contributed by atoms with E-state index < -0.39 is 5.54 Å². The maximum Gasteiger partial charge on any atom is 0.141 e. The van der Waals surface area contributed by atoms with Gasteiger partial charge in [0.2, 0.25) is 0 Å². The molecule has 0 radical (unpaired) electrons. The summed E-state index contributed by atoms with van der Waals surface area (Å²) in [5, 5.41) is 0. The van der Waals surface area contributed by atoms with E-state index in [1.165, 1.54) is 17.8 Å². The summed E-state index contributed by atoms with van der Waals surface area (Å²) in [6.45, 7) is 2.65. The molecule has 110 valence electrons. The molecule has 3 rings (SSSR count). The van der Waals surface area contributed by atoms with Gasteiger partial charge in [-0.3, -0.25) is 4.98 Å². The molecule has 1 aromatic carbocycles. The molecule has 3 nitrogen and oxygen atoms in total. The molecule has 2 atom stereocenters. The minimum atomic E-state index is -0.594. The van der Waals surface area contributed by atoms with Crippen LogP contribution in [0.4, 0.5) is 4.39 Å². The SMILES string of the molecule is CC(N)(CC1CCOc2ccccc21)c1ccc(F)cn1. The number of halogens is 1. The van der Waals surface area contributed by atoms with Crippen molar-refractivity contribution in [3.05, 3.63) is 59.7 Å². The zero-order chi connectivity index (χ0) is 14.9. The zero-order valence-corrected chi connectivity index (χ0v) is 12.1. The predicted octanol–water partition coefficient (Wildman–Crippen LogP) is 3.35. The summed E-state index contributed by atoms with van der Waals surface area (Å²) in [4.78, 5) is 4.14. The number of hydrogen-bond donors (Lipinski definition) is 1. The lowest BCUT2D eigenvalue weighted by Gasteiger charge is -2.32. The smallest absolute Gasteiger partial charge is 0.141 e. The normalized spacial score (nSPS) is 20.2. The Morgan fingerprint density at radius 3 is 2.90 bits per heavy atom. The second-order valence-corrected chi connectivity index (χ2v) is 5.86. The second kappa shape index (κ2) is 5.45. The molecule has 0 amide bonds. The number of rotatable bonds is 3. The Kier molecular flexibility index (Phi) is 3.64. The van der Waals surface area contributed by atoms with Gasteiger partial charge in [-0.25, -0.2) is 4.39 Å². The Hall–Kier alpha value is -1.94. The van der Waals surface area contributed by atoms with Crippen LogP contribution >= 0.6 is 0 Å². The van der Waals surface area contributed by atoms with E-state index in [0.717, 1.165) is 18.6 Å². The Morgan fingerprint density at radius 1 is 1.33 bits per heavy atom. The minimum absolute atomic E-state index is 0.330. The number of aromatic nitrogens is 1. The van der Waals surface area contributed by atoms with Gasteiger partial charge in [0.1, 0.15) is 11.6 Å². The third-order valence-electron chi connectivity index (χ3n) is 4.07. The van der Waals surface area contributed by atoms with Crippen molar-refractivity contribution in [2.75, 3.05) is 6.61 Å². The molecule has 2 aromatic rings. The van der Waals surface area contributed by atoms with Crippen molar-refractivity contribution in [3.63, 3.8) is 0 Å². The van der Waals surface area contributed by atoms with Crippen LogP contribution in [0.15, 0.2) is 42.6 Å². The van der Waals surface area contributed by atoms with Crippen molar-refractivity contribution < 1.29 is 9.13 Å². The van der Waals surface area contributed by atoms with Crippen LogP contribution in [-0.4, -0.2) is 11.6 Å². The van der Waals surface area contributed by atoms with Gasteiger partial charge in [-0.2, -0.15) is 0 Å². The second-order valence-electron chi connectivity index (χ2n) is 5.86. The van der Waals surface area contributed by atoms with Crippen molar-refractivity contribution in [2.24, 2.45) is 5.73 Å². The van der Waals surface area contributed by atoms with Gasteiger partial charge >= 0.3 is 0 Å². The summed E-state index contributed by atoms with van der Waals surface area (Å²) in [5.74, 6) is 0.930. The van der Waals surface area contributed by atoms with E-state index in [2.05, 4.69) is 11.1 Å². The first kappa shape index (κ1) is 14.0. The molecule has 0 spiro atoms. The largest absolute Gasteiger partial charge is 0.493 e. The first-order valence-electron chi connectivity index (χ1n) is 7.19. The first-order chi connectivity index (χ1) is 10.1. The lowest BCUT2D eigenvalue weighted by atomic mass is 9.80. The molecular formula is C17H19FN2O. The predicted molar refractivity (Wildman–Crippen MR) is 79.6 cm³/mol. The van der Waals surface area contributed by atoms with E-state index in [9.17, 15) is 4.39 Å². The molecule has 2 unspecified atom stereocenters.